The van der Waals surface area contributed by atoms with Crippen LogP contribution in [0.15, 0.2) is 18.2 Å². The van der Waals surface area contributed by atoms with Crippen molar-refractivity contribution in [3.63, 3.8) is 0 Å². The molecule has 0 spiro atoms. The van der Waals surface area contributed by atoms with E-state index in [1.54, 1.807) is 25.3 Å². The molecule has 18 heavy (non-hydrogen) atoms. The number of hydrogen-bond acceptors (Lipinski definition) is 4. The highest BCUT2D eigenvalue weighted by Crippen LogP contribution is 2.27. The van der Waals surface area contributed by atoms with Gasteiger partial charge in [-0.05, 0) is 12.1 Å². The zero-order valence-electron chi connectivity index (χ0n) is 9.98. The van der Waals surface area contributed by atoms with Crippen LogP contribution in [-0.2, 0) is 9.53 Å². The van der Waals surface area contributed by atoms with Gasteiger partial charge in [-0.2, -0.15) is 0 Å². The summed E-state index contributed by atoms with van der Waals surface area (Å²) in [6, 6.07) is 4.79. The minimum absolute atomic E-state index is 0.185. The zero-order chi connectivity index (χ0) is 13.1. The molecule has 5 nitrogen and oxygen atoms in total. The molecule has 0 bridgehead atoms. The molecule has 1 aromatic rings. The molecule has 1 amide bonds. The summed E-state index contributed by atoms with van der Waals surface area (Å²) in [7, 11) is 1.55. The van der Waals surface area contributed by atoms with Crippen LogP contribution in [0.3, 0.4) is 0 Å². The van der Waals surface area contributed by atoms with Gasteiger partial charge < -0.3 is 20.5 Å². The Morgan fingerprint density at radius 3 is 2.94 bits per heavy atom. The Morgan fingerprint density at radius 2 is 2.33 bits per heavy atom. The van der Waals surface area contributed by atoms with Gasteiger partial charge in [-0.1, -0.05) is 11.6 Å². The van der Waals surface area contributed by atoms with Gasteiger partial charge in [0.05, 0.1) is 37.0 Å². The molecule has 3 N–H and O–H groups in total. The van der Waals surface area contributed by atoms with Gasteiger partial charge in [0.25, 0.3) is 0 Å². The second-order valence-corrected chi connectivity index (χ2v) is 4.55. The first-order valence-corrected chi connectivity index (χ1v) is 5.97. The number of halogens is 1. The number of nitrogens with one attached hydrogen (secondary N) is 1. The summed E-state index contributed by atoms with van der Waals surface area (Å²) in [5.74, 6) is 0.101. The van der Waals surface area contributed by atoms with Gasteiger partial charge in [-0.3, -0.25) is 4.79 Å². The average Bonchev–Trinajstić information content (AvgIpc) is 2.78. The number of hydrogen-bond donors (Lipinski definition) is 2. The van der Waals surface area contributed by atoms with Crippen molar-refractivity contribution >= 4 is 23.2 Å². The number of nitrogens with two attached hydrogens (primary N) is 1. The Kier molecular flexibility index (Phi) is 4.06. The van der Waals surface area contributed by atoms with Gasteiger partial charge >= 0.3 is 0 Å². The van der Waals surface area contributed by atoms with Crippen molar-refractivity contribution < 1.29 is 14.3 Å². The molecule has 0 radical (unpaired) electrons. The van der Waals surface area contributed by atoms with Crippen LogP contribution in [0.2, 0.25) is 5.02 Å². The molecule has 98 valence electrons. The van der Waals surface area contributed by atoms with E-state index in [2.05, 4.69) is 5.32 Å². The molecule has 0 saturated carbocycles. The van der Waals surface area contributed by atoms with E-state index in [9.17, 15) is 4.79 Å². The number of ether oxygens (including phenoxy) is 2. The fraction of sp³-hybridized carbons (Fsp3) is 0.417. The van der Waals surface area contributed by atoms with E-state index < -0.39 is 0 Å². The minimum atomic E-state index is -0.340. The van der Waals surface area contributed by atoms with Crippen LogP contribution in [0.4, 0.5) is 5.69 Å². The highest BCUT2D eigenvalue weighted by atomic mass is 35.5. The van der Waals surface area contributed by atoms with Crippen LogP contribution in [0.5, 0.6) is 5.75 Å². The maximum atomic E-state index is 12.0. The lowest BCUT2D eigenvalue weighted by atomic mass is 10.0. The van der Waals surface area contributed by atoms with E-state index in [1.165, 1.54) is 0 Å². The first-order valence-electron chi connectivity index (χ1n) is 5.59. The molecule has 0 aliphatic carbocycles. The van der Waals surface area contributed by atoms with E-state index in [-0.39, 0.29) is 17.9 Å². The van der Waals surface area contributed by atoms with Gasteiger partial charge in [0, 0.05) is 12.1 Å². The normalized spacial score (nSPS) is 22.8. The maximum Gasteiger partial charge on any atom is 0.231 e. The highest BCUT2D eigenvalue weighted by Gasteiger charge is 2.31. The van der Waals surface area contributed by atoms with Crippen molar-refractivity contribution in [2.75, 3.05) is 25.6 Å². The third kappa shape index (κ3) is 2.75. The predicted molar refractivity (Wildman–Crippen MR) is 68.9 cm³/mol. The maximum absolute atomic E-state index is 12.0. The summed E-state index contributed by atoms with van der Waals surface area (Å²) < 4.78 is 10.2. The van der Waals surface area contributed by atoms with Crippen LogP contribution in [0.1, 0.15) is 0 Å². The fourth-order valence-electron chi connectivity index (χ4n) is 1.79. The number of carbonyl (C=O) groups excluding carboxylic acids is 1. The lowest BCUT2D eigenvalue weighted by Crippen LogP contribution is -2.37. The first kappa shape index (κ1) is 13.1. The molecule has 6 heteroatoms. The van der Waals surface area contributed by atoms with Gasteiger partial charge in [-0.25, -0.2) is 0 Å². The Labute approximate surface area is 110 Å². The smallest absolute Gasteiger partial charge is 0.231 e. The van der Waals surface area contributed by atoms with Crippen molar-refractivity contribution in [1.29, 1.82) is 0 Å². The van der Waals surface area contributed by atoms with E-state index in [0.29, 0.717) is 29.7 Å². The fourth-order valence-corrected chi connectivity index (χ4v) is 1.96. The first-order chi connectivity index (χ1) is 8.61. The predicted octanol–water partition coefficient (Wildman–Crippen LogP) is 1.26. The highest BCUT2D eigenvalue weighted by molar-refractivity contribution is 6.33. The third-order valence-corrected chi connectivity index (χ3v) is 3.22. The second-order valence-electron chi connectivity index (χ2n) is 4.14. The Bertz CT molecular complexity index is 453. The van der Waals surface area contributed by atoms with E-state index in [4.69, 9.17) is 26.8 Å². The van der Waals surface area contributed by atoms with Crippen molar-refractivity contribution in [2.24, 2.45) is 11.7 Å². The molecule has 2 rings (SSSR count). The monoisotopic (exact) mass is 270 g/mol. The van der Waals surface area contributed by atoms with Crippen LogP contribution < -0.4 is 15.8 Å². The Morgan fingerprint density at radius 1 is 1.56 bits per heavy atom. The van der Waals surface area contributed by atoms with E-state index in [1.807, 2.05) is 0 Å². The summed E-state index contributed by atoms with van der Waals surface area (Å²) in [5.41, 5.74) is 6.30. The summed E-state index contributed by atoms with van der Waals surface area (Å²) >= 11 is 6.01. The van der Waals surface area contributed by atoms with Gasteiger partial charge in [0.2, 0.25) is 5.91 Å². The average molecular weight is 271 g/mol. The third-order valence-electron chi connectivity index (χ3n) is 2.89. The Hall–Kier alpha value is -1.30. The van der Waals surface area contributed by atoms with Crippen molar-refractivity contribution in [2.45, 2.75) is 6.04 Å². The van der Waals surface area contributed by atoms with Crippen LogP contribution in [0.25, 0.3) is 0 Å². The number of methoxy groups -OCH3 is 1. The molecular formula is C12H15ClN2O3. The van der Waals surface area contributed by atoms with Crippen molar-refractivity contribution in [3.05, 3.63) is 23.2 Å². The van der Waals surface area contributed by atoms with E-state index in [0.717, 1.165) is 0 Å². The molecule has 1 fully saturated rings. The summed E-state index contributed by atoms with van der Waals surface area (Å²) in [5, 5.41) is 3.20. The standard InChI is InChI=1S/C12H15ClN2O3/c1-17-7-2-3-9(13)11(4-7)15-12(16)8-5-18-6-10(8)14/h2-4,8,10H,5-6,14H2,1H3,(H,15,16). The van der Waals surface area contributed by atoms with Crippen molar-refractivity contribution in [3.8, 4) is 5.75 Å². The summed E-state index contributed by atoms with van der Waals surface area (Å²) in [4.78, 5) is 12.0. The largest absolute Gasteiger partial charge is 0.497 e. The zero-order valence-corrected chi connectivity index (χ0v) is 10.7. The van der Waals surface area contributed by atoms with Gasteiger partial charge in [-0.15, -0.1) is 0 Å². The number of benzene rings is 1. The molecule has 1 aromatic carbocycles. The van der Waals surface area contributed by atoms with Crippen LogP contribution in [0, 0.1) is 5.92 Å². The number of amides is 1. The molecule has 1 aliphatic rings. The summed E-state index contributed by atoms with van der Waals surface area (Å²) in [6.45, 7) is 0.749. The lowest BCUT2D eigenvalue weighted by Gasteiger charge is -2.14. The number of carbonyl (C=O) groups is 1. The quantitative estimate of drug-likeness (QED) is 0.867. The molecule has 2 unspecified atom stereocenters. The van der Waals surface area contributed by atoms with Crippen molar-refractivity contribution in [1.82, 2.24) is 0 Å². The van der Waals surface area contributed by atoms with Gasteiger partial charge in [0.15, 0.2) is 0 Å². The summed E-state index contributed by atoms with van der Waals surface area (Å²) in [6.07, 6.45) is 0. The van der Waals surface area contributed by atoms with Gasteiger partial charge in [0.1, 0.15) is 5.75 Å². The van der Waals surface area contributed by atoms with E-state index >= 15 is 0 Å². The topological polar surface area (TPSA) is 73.6 Å². The SMILES string of the molecule is COc1ccc(Cl)c(NC(=O)C2COCC2N)c1. The molecule has 1 aliphatic heterocycles. The van der Waals surface area contributed by atoms with Crippen LogP contribution in [-0.4, -0.2) is 32.3 Å². The van der Waals surface area contributed by atoms with Crippen LogP contribution >= 0.6 is 11.6 Å². The number of rotatable bonds is 3. The minimum Gasteiger partial charge on any atom is -0.497 e. The second kappa shape index (κ2) is 5.56. The molecular weight excluding hydrogens is 256 g/mol. The lowest BCUT2D eigenvalue weighted by molar-refractivity contribution is -0.120. The number of anilines is 1. The Balaban J connectivity index is 2.11. The molecule has 1 heterocycles. The molecule has 0 aromatic heterocycles. The molecule has 2 atom stereocenters. The molecule has 1 saturated heterocycles.